The van der Waals surface area contributed by atoms with Crippen LogP contribution >= 0.6 is 24.8 Å². The number of carbonyl (C=O) groups is 1. The van der Waals surface area contributed by atoms with Gasteiger partial charge in [-0.3, -0.25) is 4.79 Å². The fourth-order valence-electron chi connectivity index (χ4n) is 3.09. The molecule has 3 heterocycles. The highest BCUT2D eigenvalue weighted by Crippen LogP contribution is 2.24. The Morgan fingerprint density at radius 1 is 1.36 bits per heavy atom. The van der Waals surface area contributed by atoms with Crippen molar-refractivity contribution in [2.75, 3.05) is 13.1 Å². The largest absolute Gasteiger partial charge is 0.339 e. The van der Waals surface area contributed by atoms with Gasteiger partial charge in [-0.2, -0.15) is 5.10 Å². The topological polar surface area (TPSA) is 77.0 Å². The van der Waals surface area contributed by atoms with Crippen LogP contribution in [-0.4, -0.2) is 44.7 Å². The van der Waals surface area contributed by atoms with Crippen LogP contribution < -0.4 is 5.73 Å². The number of fused-ring (bicyclic) bond motifs is 1. The molecule has 2 N–H and O–H groups in total. The van der Waals surface area contributed by atoms with Gasteiger partial charge >= 0.3 is 0 Å². The van der Waals surface area contributed by atoms with E-state index in [1.54, 1.807) is 6.20 Å². The SMILES string of the molecule is CCC(C)n1ncc2c(C(=O)N3CCC(N)CC3)cc(C)nc21.Cl.Cl. The zero-order valence-electron chi connectivity index (χ0n) is 14.9. The first-order chi connectivity index (χ1) is 11.0. The number of amides is 1. The van der Waals surface area contributed by atoms with E-state index in [2.05, 4.69) is 23.9 Å². The van der Waals surface area contributed by atoms with E-state index < -0.39 is 0 Å². The third-order valence-electron chi connectivity index (χ3n) is 4.76. The molecule has 1 unspecified atom stereocenters. The molecule has 3 rings (SSSR count). The minimum absolute atomic E-state index is 0. The Hall–Kier alpha value is -1.37. The maximum absolute atomic E-state index is 12.9. The van der Waals surface area contributed by atoms with Crippen LogP contribution in [0.3, 0.4) is 0 Å². The van der Waals surface area contributed by atoms with E-state index in [0.29, 0.717) is 5.56 Å². The van der Waals surface area contributed by atoms with E-state index in [0.717, 1.165) is 49.1 Å². The van der Waals surface area contributed by atoms with Crippen molar-refractivity contribution in [3.8, 4) is 0 Å². The van der Waals surface area contributed by atoms with Gasteiger partial charge in [-0.25, -0.2) is 9.67 Å². The molecule has 8 heteroatoms. The third kappa shape index (κ3) is 4.25. The number of hydrogen-bond donors (Lipinski definition) is 1. The summed E-state index contributed by atoms with van der Waals surface area (Å²) < 4.78 is 1.92. The summed E-state index contributed by atoms with van der Waals surface area (Å²) in [6, 6.07) is 2.35. The number of pyridine rings is 1. The molecule has 0 aliphatic carbocycles. The van der Waals surface area contributed by atoms with Crippen LogP contribution in [0.25, 0.3) is 11.0 Å². The number of hydrogen-bond acceptors (Lipinski definition) is 4. The van der Waals surface area contributed by atoms with Gasteiger partial charge in [0.2, 0.25) is 0 Å². The summed E-state index contributed by atoms with van der Waals surface area (Å²) in [6.07, 6.45) is 4.48. The van der Waals surface area contributed by atoms with Gasteiger partial charge in [-0.05, 0) is 39.2 Å². The van der Waals surface area contributed by atoms with Gasteiger partial charge in [0.1, 0.15) is 0 Å². The van der Waals surface area contributed by atoms with Crippen LogP contribution in [0, 0.1) is 6.92 Å². The Labute approximate surface area is 161 Å². The molecule has 1 aliphatic rings. The van der Waals surface area contributed by atoms with Crippen molar-refractivity contribution in [1.82, 2.24) is 19.7 Å². The van der Waals surface area contributed by atoms with Crippen LogP contribution in [0.2, 0.25) is 0 Å². The number of halogens is 2. The molecule has 0 aromatic carbocycles. The van der Waals surface area contributed by atoms with Gasteiger partial charge in [0.25, 0.3) is 5.91 Å². The van der Waals surface area contributed by atoms with Crippen LogP contribution in [0.15, 0.2) is 12.3 Å². The highest BCUT2D eigenvalue weighted by Gasteiger charge is 2.25. The molecule has 1 amide bonds. The van der Waals surface area contributed by atoms with E-state index in [1.165, 1.54) is 0 Å². The monoisotopic (exact) mass is 387 g/mol. The Bertz CT molecular complexity index is 725. The maximum Gasteiger partial charge on any atom is 0.254 e. The standard InChI is InChI=1S/C17H25N5O.2ClH/c1-4-12(3)22-16-15(10-19-22)14(9-11(2)20-16)17(23)21-7-5-13(18)6-8-21;;/h9-10,12-13H,4-8,18H2,1-3H3;2*1H. The molecule has 1 atom stereocenters. The van der Waals surface area contributed by atoms with Gasteiger partial charge in [-0.1, -0.05) is 6.92 Å². The lowest BCUT2D eigenvalue weighted by Gasteiger charge is -2.30. The average molecular weight is 388 g/mol. The molecule has 2 aromatic heterocycles. The zero-order valence-corrected chi connectivity index (χ0v) is 16.6. The van der Waals surface area contributed by atoms with Gasteiger partial charge in [0, 0.05) is 24.8 Å². The second-order valence-electron chi connectivity index (χ2n) is 6.52. The highest BCUT2D eigenvalue weighted by atomic mass is 35.5. The summed E-state index contributed by atoms with van der Waals surface area (Å²) in [5.41, 5.74) is 8.30. The summed E-state index contributed by atoms with van der Waals surface area (Å²) in [4.78, 5) is 19.5. The van der Waals surface area contributed by atoms with Crippen LogP contribution in [0.4, 0.5) is 0 Å². The Balaban J connectivity index is 0.00000156. The summed E-state index contributed by atoms with van der Waals surface area (Å²) in [5.74, 6) is 0.0658. The van der Waals surface area contributed by atoms with Crippen molar-refractivity contribution in [3.63, 3.8) is 0 Å². The molecular weight excluding hydrogens is 361 g/mol. The average Bonchev–Trinajstić information content (AvgIpc) is 2.97. The first kappa shape index (κ1) is 21.7. The Morgan fingerprint density at radius 3 is 2.60 bits per heavy atom. The lowest BCUT2D eigenvalue weighted by Crippen LogP contribution is -2.42. The number of carbonyl (C=O) groups excluding carboxylic acids is 1. The molecule has 1 saturated heterocycles. The molecular formula is C17H27Cl2N5O. The number of aromatic nitrogens is 3. The number of aryl methyl sites for hydroxylation is 1. The second-order valence-corrected chi connectivity index (χ2v) is 6.52. The molecule has 140 valence electrons. The van der Waals surface area contributed by atoms with Gasteiger partial charge in [-0.15, -0.1) is 24.8 Å². The second kappa shape index (κ2) is 8.83. The molecule has 0 spiro atoms. The van der Waals surface area contributed by atoms with Crippen LogP contribution in [0.5, 0.6) is 0 Å². The highest BCUT2D eigenvalue weighted by molar-refractivity contribution is 6.05. The Morgan fingerprint density at radius 2 is 2.00 bits per heavy atom. The number of likely N-dealkylation sites (tertiary alicyclic amines) is 1. The van der Waals surface area contributed by atoms with Crippen molar-refractivity contribution < 1.29 is 4.79 Å². The molecule has 0 saturated carbocycles. The first-order valence-corrected chi connectivity index (χ1v) is 8.41. The van der Waals surface area contributed by atoms with E-state index in [4.69, 9.17) is 5.73 Å². The number of piperidine rings is 1. The van der Waals surface area contributed by atoms with Crippen molar-refractivity contribution in [3.05, 3.63) is 23.5 Å². The van der Waals surface area contributed by atoms with Crippen molar-refractivity contribution in [2.45, 2.75) is 52.1 Å². The van der Waals surface area contributed by atoms with Crippen molar-refractivity contribution in [2.24, 2.45) is 5.73 Å². The van der Waals surface area contributed by atoms with E-state index in [9.17, 15) is 4.79 Å². The van der Waals surface area contributed by atoms with E-state index in [-0.39, 0.29) is 42.8 Å². The number of rotatable bonds is 3. The molecule has 6 nitrogen and oxygen atoms in total. The predicted molar refractivity (Wildman–Crippen MR) is 105 cm³/mol. The molecule has 0 radical (unpaired) electrons. The van der Waals surface area contributed by atoms with Crippen molar-refractivity contribution in [1.29, 1.82) is 0 Å². The van der Waals surface area contributed by atoms with Gasteiger partial charge in [0.05, 0.1) is 23.2 Å². The zero-order chi connectivity index (χ0) is 16.6. The maximum atomic E-state index is 12.9. The summed E-state index contributed by atoms with van der Waals surface area (Å²) in [5, 5.41) is 5.31. The number of nitrogens with zero attached hydrogens (tertiary/aromatic N) is 4. The normalized spacial score (nSPS) is 16.2. The summed E-state index contributed by atoms with van der Waals surface area (Å²) >= 11 is 0. The fourth-order valence-corrected chi connectivity index (χ4v) is 3.09. The smallest absolute Gasteiger partial charge is 0.254 e. The summed E-state index contributed by atoms with van der Waals surface area (Å²) in [7, 11) is 0. The lowest BCUT2D eigenvalue weighted by atomic mass is 10.0. The Kier molecular flexibility index (Phi) is 7.65. The van der Waals surface area contributed by atoms with Gasteiger partial charge < -0.3 is 10.6 Å². The molecule has 1 fully saturated rings. The number of nitrogens with two attached hydrogens (primary N) is 1. The molecule has 2 aromatic rings. The van der Waals surface area contributed by atoms with Crippen LogP contribution in [0.1, 0.15) is 55.2 Å². The van der Waals surface area contributed by atoms with Gasteiger partial charge in [0.15, 0.2) is 5.65 Å². The molecule has 0 bridgehead atoms. The lowest BCUT2D eigenvalue weighted by molar-refractivity contribution is 0.0716. The van der Waals surface area contributed by atoms with E-state index >= 15 is 0 Å². The van der Waals surface area contributed by atoms with E-state index in [1.807, 2.05) is 22.6 Å². The minimum Gasteiger partial charge on any atom is -0.339 e. The summed E-state index contributed by atoms with van der Waals surface area (Å²) in [6.45, 7) is 7.61. The third-order valence-corrected chi connectivity index (χ3v) is 4.76. The fraction of sp³-hybridized carbons (Fsp3) is 0.588. The quantitative estimate of drug-likeness (QED) is 0.877. The molecule has 1 aliphatic heterocycles. The minimum atomic E-state index is 0. The van der Waals surface area contributed by atoms with Crippen molar-refractivity contribution >= 4 is 41.8 Å². The van der Waals surface area contributed by atoms with Crippen LogP contribution in [-0.2, 0) is 0 Å². The predicted octanol–water partition coefficient (Wildman–Crippen LogP) is 3.12. The first-order valence-electron chi connectivity index (χ1n) is 8.41. The molecule has 25 heavy (non-hydrogen) atoms.